The Hall–Kier alpha value is -2.19. The Labute approximate surface area is 158 Å². The highest BCUT2D eigenvalue weighted by molar-refractivity contribution is 5.94. The van der Waals surface area contributed by atoms with Crippen LogP contribution in [0.5, 0.6) is 0 Å². The number of rotatable bonds is 5. The van der Waals surface area contributed by atoms with Gasteiger partial charge in [0, 0.05) is 63.3 Å². The molecule has 0 bridgehead atoms. The van der Waals surface area contributed by atoms with Gasteiger partial charge in [-0.25, -0.2) is 0 Å². The molecule has 2 atom stereocenters. The quantitative estimate of drug-likeness (QED) is 0.747. The van der Waals surface area contributed by atoms with Gasteiger partial charge in [-0.2, -0.15) is 0 Å². The monoisotopic (exact) mass is 376 g/mol. The van der Waals surface area contributed by atoms with Crippen LogP contribution in [0.25, 0.3) is 0 Å². The van der Waals surface area contributed by atoms with E-state index >= 15 is 0 Å². The Morgan fingerprint density at radius 2 is 2.04 bits per heavy atom. The molecule has 2 aliphatic heterocycles. The molecule has 1 aromatic heterocycles. The summed E-state index contributed by atoms with van der Waals surface area (Å²) in [7, 11) is 1.64. The molecule has 3 heterocycles. The van der Waals surface area contributed by atoms with E-state index in [9.17, 15) is 14.4 Å². The van der Waals surface area contributed by atoms with E-state index in [1.54, 1.807) is 19.3 Å². The van der Waals surface area contributed by atoms with Crippen molar-refractivity contribution in [2.45, 2.75) is 44.3 Å². The van der Waals surface area contributed by atoms with Crippen LogP contribution in [0.3, 0.4) is 0 Å². The van der Waals surface area contributed by atoms with Crippen LogP contribution in [0, 0.1) is 0 Å². The van der Waals surface area contributed by atoms with Gasteiger partial charge in [0.15, 0.2) is 0 Å². The van der Waals surface area contributed by atoms with Gasteiger partial charge in [-0.15, -0.1) is 0 Å². The van der Waals surface area contributed by atoms with Gasteiger partial charge in [-0.3, -0.25) is 19.3 Å². The summed E-state index contributed by atoms with van der Waals surface area (Å²) < 4.78 is 6.87. The lowest BCUT2D eigenvalue weighted by Gasteiger charge is -2.34. The molecule has 2 saturated heterocycles. The van der Waals surface area contributed by atoms with Crippen LogP contribution in [0.2, 0.25) is 0 Å². The molecule has 0 spiro atoms. The van der Waals surface area contributed by atoms with E-state index in [2.05, 4.69) is 15.5 Å². The topological polar surface area (TPSA) is 92.7 Å². The number of hydrogen-bond donors (Lipinski definition) is 2. The molecule has 8 nitrogen and oxygen atoms in total. The maximum atomic E-state index is 12.6. The van der Waals surface area contributed by atoms with Crippen LogP contribution in [0.4, 0.5) is 0 Å². The highest BCUT2D eigenvalue weighted by Gasteiger charge is 2.41. The third-order valence-electron chi connectivity index (χ3n) is 5.35. The number of likely N-dealkylation sites (tertiary alicyclic amines) is 1. The molecule has 2 amide bonds. The Morgan fingerprint density at radius 3 is 2.70 bits per heavy atom. The molecule has 0 unspecified atom stereocenters. The second-order valence-corrected chi connectivity index (χ2v) is 7.22. The number of aryl methyl sites for hydroxylation is 1. The normalized spacial score (nSPS) is 23.9. The number of carbonyl (C=O) groups is 2. The second kappa shape index (κ2) is 8.67. The Kier molecular flexibility index (Phi) is 6.28. The van der Waals surface area contributed by atoms with Gasteiger partial charge in [0.1, 0.15) is 0 Å². The van der Waals surface area contributed by atoms with Crippen molar-refractivity contribution in [3.8, 4) is 0 Å². The van der Waals surface area contributed by atoms with Gasteiger partial charge in [0.05, 0.1) is 6.04 Å². The van der Waals surface area contributed by atoms with E-state index < -0.39 is 0 Å². The molecule has 8 heteroatoms. The van der Waals surface area contributed by atoms with Crippen molar-refractivity contribution >= 4 is 11.8 Å². The summed E-state index contributed by atoms with van der Waals surface area (Å²) in [6.07, 6.45) is 3.94. The molecule has 1 aromatic rings. The summed E-state index contributed by atoms with van der Waals surface area (Å²) in [6.45, 7) is 4.52. The van der Waals surface area contributed by atoms with Gasteiger partial charge in [0.2, 0.25) is 5.91 Å². The number of nitrogens with zero attached hydrogens (tertiary/aromatic N) is 2. The maximum Gasteiger partial charge on any atom is 0.251 e. The Balaban J connectivity index is 1.70. The predicted molar refractivity (Wildman–Crippen MR) is 101 cm³/mol. The first-order chi connectivity index (χ1) is 13.0. The van der Waals surface area contributed by atoms with Crippen molar-refractivity contribution in [3.63, 3.8) is 0 Å². The number of nitrogens with one attached hydrogen (secondary N) is 2. The molecule has 148 valence electrons. The van der Waals surface area contributed by atoms with Gasteiger partial charge < -0.3 is 19.9 Å². The van der Waals surface area contributed by atoms with Gasteiger partial charge >= 0.3 is 0 Å². The zero-order chi connectivity index (χ0) is 19.4. The summed E-state index contributed by atoms with van der Waals surface area (Å²) in [5.74, 6) is -0.268. The third-order valence-corrected chi connectivity index (χ3v) is 5.35. The molecule has 0 aromatic carbocycles. The van der Waals surface area contributed by atoms with Crippen LogP contribution in [-0.4, -0.2) is 65.7 Å². The van der Waals surface area contributed by atoms with E-state index in [1.165, 1.54) is 10.6 Å². The highest BCUT2D eigenvalue weighted by Crippen LogP contribution is 2.26. The SMILES string of the molecule is CCNC(=O)[C@@H]1C[C@H](NC(=O)c2ccn(C)c(=O)c2)CN1C1CCOCC1. The molecule has 0 radical (unpaired) electrons. The zero-order valence-corrected chi connectivity index (χ0v) is 15.9. The van der Waals surface area contributed by atoms with Crippen LogP contribution in [0.1, 0.15) is 36.5 Å². The summed E-state index contributed by atoms with van der Waals surface area (Å²) in [4.78, 5) is 39.1. The minimum Gasteiger partial charge on any atom is -0.381 e. The highest BCUT2D eigenvalue weighted by atomic mass is 16.5. The first kappa shape index (κ1) is 19.6. The van der Waals surface area contributed by atoms with Crippen molar-refractivity contribution in [1.82, 2.24) is 20.1 Å². The first-order valence-electron chi connectivity index (χ1n) is 9.58. The molecule has 3 rings (SSSR count). The predicted octanol–water partition coefficient (Wildman–Crippen LogP) is -0.127. The van der Waals surface area contributed by atoms with Crippen molar-refractivity contribution < 1.29 is 14.3 Å². The van der Waals surface area contributed by atoms with Gasteiger partial charge in [-0.1, -0.05) is 0 Å². The average molecular weight is 376 g/mol. The van der Waals surface area contributed by atoms with Crippen molar-refractivity contribution in [2.75, 3.05) is 26.3 Å². The van der Waals surface area contributed by atoms with Gasteiger partial charge in [0.25, 0.3) is 11.5 Å². The first-order valence-corrected chi connectivity index (χ1v) is 9.58. The smallest absolute Gasteiger partial charge is 0.251 e. The fourth-order valence-electron chi connectivity index (χ4n) is 3.89. The summed E-state index contributed by atoms with van der Waals surface area (Å²) in [5.41, 5.74) is 0.121. The van der Waals surface area contributed by atoms with Gasteiger partial charge in [-0.05, 0) is 32.3 Å². The standard InChI is InChI=1S/C19H28N4O4/c1-3-20-19(26)16-11-14(12-23(16)15-5-8-27-9-6-15)21-18(25)13-4-7-22(2)17(24)10-13/h4,7,10,14-16H,3,5-6,8-9,11-12H2,1-2H3,(H,20,26)(H,21,25)/t14-,16-/m0/s1. The van der Waals surface area contributed by atoms with Crippen LogP contribution < -0.4 is 16.2 Å². The molecule has 27 heavy (non-hydrogen) atoms. The van der Waals surface area contributed by atoms with E-state index in [-0.39, 0.29) is 35.5 Å². The van der Waals surface area contributed by atoms with Crippen LogP contribution in [0.15, 0.2) is 23.1 Å². The van der Waals surface area contributed by atoms with E-state index in [0.717, 1.165) is 12.8 Å². The minimum absolute atomic E-state index is 0.00863. The van der Waals surface area contributed by atoms with Crippen LogP contribution in [-0.2, 0) is 16.6 Å². The number of ether oxygens (including phenoxy) is 1. The lowest BCUT2D eigenvalue weighted by Crippen LogP contribution is -2.49. The van der Waals surface area contributed by atoms with Crippen LogP contribution >= 0.6 is 0 Å². The van der Waals surface area contributed by atoms with E-state index in [1.807, 2.05) is 6.92 Å². The summed E-state index contributed by atoms with van der Waals surface area (Å²) in [5, 5.41) is 5.91. The molecule has 0 saturated carbocycles. The molecular weight excluding hydrogens is 348 g/mol. The number of pyridine rings is 1. The molecular formula is C19H28N4O4. The third kappa shape index (κ3) is 4.56. The lowest BCUT2D eigenvalue weighted by molar-refractivity contribution is -0.126. The molecule has 2 N–H and O–H groups in total. The number of hydrogen-bond acceptors (Lipinski definition) is 5. The molecule has 2 aliphatic rings. The number of amides is 2. The van der Waals surface area contributed by atoms with E-state index in [4.69, 9.17) is 4.74 Å². The Morgan fingerprint density at radius 1 is 1.30 bits per heavy atom. The fourth-order valence-corrected chi connectivity index (χ4v) is 3.89. The lowest BCUT2D eigenvalue weighted by atomic mass is 10.1. The summed E-state index contributed by atoms with van der Waals surface area (Å²) >= 11 is 0. The minimum atomic E-state index is -0.277. The summed E-state index contributed by atoms with van der Waals surface area (Å²) in [6, 6.07) is 2.88. The number of aromatic nitrogens is 1. The second-order valence-electron chi connectivity index (χ2n) is 7.22. The zero-order valence-electron chi connectivity index (χ0n) is 15.9. The Bertz CT molecular complexity index is 741. The molecule has 2 fully saturated rings. The largest absolute Gasteiger partial charge is 0.381 e. The number of carbonyl (C=O) groups excluding carboxylic acids is 2. The molecule has 0 aliphatic carbocycles. The number of likely N-dealkylation sites (N-methyl/N-ethyl adjacent to an activating group) is 1. The van der Waals surface area contributed by atoms with Crippen molar-refractivity contribution in [2.24, 2.45) is 7.05 Å². The van der Waals surface area contributed by atoms with E-state index in [0.29, 0.717) is 38.3 Å². The fraction of sp³-hybridized carbons (Fsp3) is 0.632. The van der Waals surface area contributed by atoms with Crippen molar-refractivity contribution in [3.05, 3.63) is 34.2 Å². The average Bonchev–Trinajstić information content (AvgIpc) is 3.09. The maximum absolute atomic E-state index is 12.6. The van der Waals surface area contributed by atoms with Crippen molar-refractivity contribution in [1.29, 1.82) is 0 Å².